The van der Waals surface area contributed by atoms with Gasteiger partial charge < -0.3 is 18.9 Å². The van der Waals surface area contributed by atoms with Crippen molar-refractivity contribution in [2.45, 2.75) is 91.3 Å². The predicted octanol–water partition coefficient (Wildman–Crippen LogP) is 9.06. The molecule has 0 N–H and O–H groups in total. The van der Waals surface area contributed by atoms with E-state index in [1.165, 1.54) is 32.1 Å². The Kier molecular flexibility index (Phi) is 14.1. The number of carbonyl (C=O) groups is 2. The first kappa shape index (κ1) is 32.9. The topological polar surface area (TPSA) is 71.1 Å². The van der Waals surface area contributed by atoms with E-state index >= 15 is 0 Å². The molecule has 0 bridgehead atoms. The van der Waals surface area contributed by atoms with Crippen LogP contribution in [0.15, 0.2) is 72.8 Å². The van der Waals surface area contributed by atoms with Crippen LogP contribution in [-0.2, 0) is 9.47 Å². The summed E-state index contributed by atoms with van der Waals surface area (Å²) in [5.41, 5.74) is 2.86. The number of carbonyl (C=O) groups excluding carboxylic acids is 2. The third-order valence-electron chi connectivity index (χ3n) is 7.21. The van der Waals surface area contributed by atoms with Gasteiger partial charge in [0.2, 0.25) is 0 Å². The van der Waals surface area contributed by atoms with Crippen LogP contribution in [-0.4, -0.2) is 37.4 Å². The number of rotatable bonds is 18. The zero-order valence-corrected chi connectivity index (χ0v) is 25.6. The molecule has 0 heterocycles. The lowest BCUT2D eigenvalue weighted by molar-refractivity contribution is -0.0384. The summed E-state index contributed by atoms with van der Waals surface area (Å²) < 4.78 is 22.6. The van der Waals surface area contributed by atoms with Crippen LogP contribution in [0.4, 0.5) is 0 Å². The number of esters is 2. The highest BCUT2D eigenvalue weighted by Gasteiger charge is 2.19. The minimum atomic E-state index is -0.470. The monoisotopic (exact) mass is 574 g/mol. The average molecular weight is 575 g/mol. The lowest BCUT2D eigenvalue weighted by atomic mass is 10.0. The summed E-state index contributed by atoms with van der Waals surface area (Å²) in [6, 6.07) is 21.7. The van der Waals surface area contributed by atoms with Gasteiger partial charge in [0.05, 0.1) is 23.8 Å². The lowest BCUT2D eigenvalue weighted by Crippen LogP contribution is -2.29. The predicted molar refractivity (Wildman–Crippen MR) is 167 cm³/mol. The summed E-state index contributed by atoms with van der Waals surface area (Å²) in [7, 11) is 0. The second-order valence-electron chi connectivity index (χ2n) is 10.7. The van der Waals surface area contributed by atoms with Crippen molar-refractivity contribution in [3.8, 4) is 22.6 Å². The number of benzene rings is 3. The number of hydrogen-bond donors (Lipinski definition) is 0. The third kappa shape index (κ3) is 11.0. The smallest absolute Gasteiger partial charge is 0.343 e. The molecule has 0 saturated heterocycles. The molecule has 226 valence electrons. The summed E-state index contributed by atoms with van der Waals surface area (Å²) in [6.45, 7) is 9.42. The van der Waals surface area contributed by atoms with Crippen LogP contribution >= 0.6 is 0 Å². The lowest BCUT2D eigenvalue weighted by Gasteiger charge is -2.21. The Morgan fingerprint density at radius 1 is 0.571 bits per heavy atom. The Labute approximate surface area is 251 Å². The molecule has 3 rings (SSSR count). The molecule has 0 saturated carbocycles. The normalized spacial score (nSPS) is 12.4. The maximum Gasteiger partial charge on any atom is 0.343 e. The largest absolute Gasteiger partial charge is 0.494 e. The first-order valence-electron chi connectivity index (χ1n) is 15.4. The minimum absolute atomic E-state index is 0.194. The van der Waals surface area contributed by atoms with Gasteiger partial charge in [-0.1, -0.05) is 76.6 Å². The fourth-order valence-electron chi connectivity index (χ4n) is 4.32. The maximum atomic E-state index is 12.7. The molecule has 0 amide bonds. The van der Waals surface area contributed by atoms with Gasteiger partial charge in [-0.05, 0) is 86.3 Å². The Morgan fingerprint density at radius 2 is 1.10 bits per heavy atom. The highest BCUT2D eigenvalue weighted by atomic mass is 16.6. The van der Waals surface area contributed by atoms with E-state index < -0.39 is 11.9 Å². The molecule has 3 aromatic carbocycles. The highest BCUT2D eigenvalue weighted by Crippen LogP contribution is 2.24. The van der Waals surface area contributed by atoms with Gasteiger partial charge in [-0.15, -0.1) is 0 Å². The summed E-state index contributed by atoms with van der Waals surface area (Å²) in [5.74, 6) is 0.301. The number of hydrogen-bond acceptors (Lipinski definition) is 6. The van der Waals surface area contributed by atoms with E-state index in [1.807, 2.05) is 50.2 Å². The summed E-state index contributed by atoms with van der Waals surface area (Å²) >= 11 is 0. The summed E-state index contributed by atoms with van der Waals surface area (Å²) in [5, 5.41) is 0. The fraction of sp³-hybridized carbons (Fsp3) is 0.444. The van der Waals surface area contributed by atoms with Gasteiger partial charge in [0, 0.05) is 6.61 Å². The van der Waals surface area contributed by atoms with Crippen LogP contribution in [0.3, 0.4) is 0 Å². The van der Waals surface area contributed by atoms with Gasteiger partial charge in [0.25, 0.3) is 0 Å². The van der Waals surface area contributed by atoms with Crippen LogP contribution < -0.4 is 9.47 Å². The summed E-state index contributed by atoms with van der Waals surface area (Å²) in [4.78, 5) is 25.2. The molecule has 42 heavy (non-hydrogen) atoms. The van der Waals surface area contributed by atoms with Crippen molar-refractivity contribution >= 4 is 11.9 Å². The van der Waals surface area contributed by atoms with Crippen LogP contribution in [0, 0.1) is 0 Å². The molecule has 0 aromatic heterocycles. The summed E-state index contributed by atoms with van der Waals surface area (Å²) in [6.07, 6.45) is 8.89. The average Bonchev–Trinajstić information content (AvgIpc) is 3.01. The van der Waals surface area contributed by atoms with Crippen molar-refractivity contribution in [3.05, 3.63) is 83.9 Å². The number of unbranched alkanes of at least 4 members (excludes halogenated alkanes) is 6. The molecule has 6 nitrogen and oxygen atoms in total. The SMILES string of the molecule is CCCCCCCCOc1ccc(-c2ccc(C(=O)Oc3ccc(C(=O)OC(C)C(C)OCCCC)cc3)cc2)cc1. The second kappa shape index (κ2) is 18.0. The maximum absolute atomic E-state index is 12.7. The zero-order chi connectivity index (χ0) is 30.2. The molecule has 6 heteroatoms. The van der Waals surface area contributed by atoms with E-state index in [0.29, 0.717) is 23.5 Å². The van der Waals surface area contributed by atoms with E-state index in [-0.39, 0.29) is 12.2 Å². The van der Waals surface area contributed by atoms with Gasteiger partial charge >= 0.3 is 11.9 Å². The molecule has 2 atom stereocenters. The van der Waals surface area contributed by atoms with Crippen molar-refractivity contribution in [1.82, 2.24) is 0 Å². The molecule has 0 radical (unpaired) electrons. The molecule has 0 spiro atoms. The van der Waals surface area contributed by atoms with Crippen LogP contribution in [0.5, 0.6) is 11.5 Å². The quantitative estimate of drug-likeness (QED) is 0.0857. The Bertz CT molecular complexity index is 1200. The molecule has 0 aliphatic rings. The molecule has 0 aliphatic carbocycles. The van der Waals surface area contributed by atoms with E-state index in [0.717, 1.165) is 42.7 Å². The first-order valence-corrected chi connectivity index (χ1v) is 15.4. The van der Waals surface area contributed by atoms with E-state index in [1.54, 1.807) is 36.4 Å². The van der Waals surface area contributed by atoms with Gasteiger partial charge in [-0.25, -0.2) is 9.59 Å². The van der Waals surface area contributed by atoms with Gasteiger partial charge in [-0.3, -0.25) is 0 Å². The van der Waals surface area contributed by atoms with Crippen molar-refractivity contribution < 1.29 is 28.5 Å². The van der Waals surface area contributed by atoms with Gasteiger partial charge in [0.15, 0.2) is 0 Å². The van der Waals surface area contributed by atoms with Crippen molar-refractivity contribution in [3.63, 3.8) is 0 Å². The highest BCUT2D eigenvalue weighted by molar-refractivity contribution is 5.92. The second-order valence-corrected chi connectivity index (χ2v) is 10.7. The fourth-order valence-corrected chi connectivity index (χ4v) is 4.32. The van der Waals surface area contributed by atoms with E-state index in [2.05, 4.69) is 13.8 Å². The van der Waals surface area contributed by atoms with Crippen molar-refractivity contribution in [2.75, 3.05) is 13.2 Å². The molecule has 3 aromatic rings. The Morgan fingerprint density at radius 3 is 1.74 bits per heavy atom. The zero-order valence-electron chi connectivity index (χ0n) is 25.6. The van der Waals surface area contributed by atoms with Crippen LogP contribution in [0.2, 0.25) is 0 Å². The number of ether oxygens (including phenoxy) is 4. The van der Waals surface area contributed by atoms with Crippen LogP contribution in [0.1, 0.15) is 99.8 Å². The molecule has 0 aliphatic heterocycles. The molecular weight excluding hydrogens is 528 g/mol. The Hall–Kier alpha value is -3.64. The third-order valence-corrected chi connectivity index (χ3v) is 7.21. The van der Waals surface area contributed by atoms with E-state index in [4.69, 9.17) is 18.9 Å². The van der Waals surface area contributed by atoms with E-state index in [9.17, 15) is 9.59 Å². The minimum Gasteiger partial charge on any atom is -0.494 e. The van der Waals surface area contributed by atoms with Gasteiger partial charge in [0.1, 0.15) is 17.6 Å². The standard InChI is InChI=1S/C36H46O6/c1-5-7-9-10-11-12-26-40-33-21-17-30(18-22-33)29-13-15-31(16-14-29)36(38)42-34-23-19-32(20-24-34)35(37)41-28(4)27(3)39-25-8-6-2/h13-24,27-28H,5-12,25-26H2,1-4H3. The molecule has 0 fully saturated rings. The molecular formula is C36H46O6. The Balaban J connectivity index is 1.46. The van der Waals surface area contributed by atoms with Crippen molar-refractivity contribution in [2.24, 2.45) is 0 Å². The first-order chi connectivity index (χ1) is 20.4. The van der Waals surface area contributed by atoms with Crippen molar-refractivity contribution in [1.29, 1.82) is 0 Å². The van der Waals surface area contributed by atoms with Crippen LogP contribution in [0.25, 0.3) is 11.1 Å². The van der Waals surface area contributed by atoms with Gasteiger partial charge in [-0.2, -0.15) is 0 Å². The molecule has 2 unspecified atom stereocenters.